The predicted molar refractivity (Wildman–Crippen MR) is 130 cm³/mol. The van der Waals surface area contributed by atoms with Crippen molar-refractivity contribution in [2.45, 2.75) is 38.3 Å². The van der Waals surface area contributed by atoms with E-state index in [0.29, 0.717) is 18.2 Å². The molecule has 0 fully saturated rings. The zero-order valence-corrected chi connectivity index (χ0v) is 18.6. The lowest BCUT2D eigenvalue weighted by molar-refractivity contribution is -0.145. The number of aliphatic carboxylic acids is 1. The Morgan fingerprint density at radius 2 is 1.55 bits per heavy atom. The van der Waals surface area contributed by atoms with Crippen LogP contribution < -0.4 is 4.74 Å². The number of aromatic nitrogens is 1. The highest BCUT2D eigenvalue weighted by Crippen LogP contribution is 2.35. The molecule has 0 amide bonds. The number of rotatable bonds is 7. The van der Waals surface area contributed by atoms with Crippen LogP contribution in [0, 0.1) is 6.92 Å². The molecular weight excluding hydrogens is 410 g/mol. The molecule has 1 atom stereocenters. The molecule has 33 heavy (non-hydrogen) atoms. The van der Waals surface area contributed by atoms with Gasteiger partial charge in [-0.1, -0.05) is 54.6 Å². The molecule has 0 spiro atoms. The Hall–Kier alpha value is -3.79. The van der Waals surface area contributed by atoms with E-state index in [9.17, 15) is 9.90 Å². The van der Waals surface area contributed by atoms with Gasteiger partial charge in [-0.3, -0.25) is 0 Å². The summed E-state index contributed by atoms with van der Waals surface area (Å²) in [6.07, 6.45) is 1.47. The molecule has 0 aliphatic heterocycles. The molecule has 0 radical (unpaired) electrons. The van der Waals surface area contributed by atoms with Crippen molar-refractivity contribution >= 4 is 5.97 Å². The molecule has 0 unspecified atom stereocenters. The summed E-state index contributed by atoms with van der Waals surface area (Å²) in [5.41, 5.74) is 7.33. The summed E-state index contributed by atoms with van der Waals surface area (Å²) < 4.78 is 8.28. The second-order valence-corrected chi connectivity index (χ2v) is 8.72. The van der Waals surface area contributed by atoms with Crippen LogP contribution in [-0.2, 0) is 24.1 Å². The minimum atomic E-state index is -0.965. The van der Waals surface area contributed by atoms with Gasteiger partial charge in [0, 0.05) is 23.9 Å². The van der Waals surface area contributed by atoms with Crippen molar-refractivity contribution in [1.29, 1.82) is 0 Å². The van der Waals surface area contributed by atoms with Gasteiger partial charge in [0.15, 0.2) is 6.10 Å². The van der Waals surface area contributed by atoms with E-state index in [1.807, 2.05) is 54.6 Å². The van der Waals surface area contributed by atoms with Gasteiger partial charge in [0.2, 0.25) is 0 Å². The molecule has 4 nitrogen and oxygen atoms in total. The van der Waals surface area contributed by atoms with Crippen molar-refractivity contribution in [2.75, 3.05) is 0 Å². The first kappa shape index (κ1) is 21.1. The Kier molecular flexibility index (Phi) is 5.74. The largest absolute Gasteiger partial charge is 0.478 e. The lowest BCUT2D eigenvalue weighted by atomic mass is 10.1. The number of carboxylic acid groups (broad SMARTS) is 1. The second-order valence-electron chi connectivity index (χ2n) is 8.72. The molecule has 1 aromatic heterocycles. The number of nitrogens with zero attached hydrogens (tertiary/aromatic N) is 1. The van der Waals surface area contributed by atoms with Gasteiger partial charge in [-0.15, -0.1) is 0 Å². The fraction of sp³-hybridized carbons (Fsp3) is 0.207. The van der Waals surface area contributed by atoms with E-state index in [1.54, 1.807) is 0 Å². The summed E-state index contributed by atoms with van der Waals surface area (Å²) >= 11 is 0. The van der Waals surface area contributed by atoms with E-state index < -0.39 is 12.1 Å². The summed E-state index contributed by atoms with van der Waals surface area (Å²) in [4.78, 5) is 11.8. The van der Waals surface area contributed by atoms with Crippen LogP contribution in [0.3, 0.4) is 0 Å². The van der Waals surface area contributed by atoms with Crippen LogP contribution in [0.1, 0.15) is 28.4 Å². The number of hydrogen-bond acceptors (Lipinski definition) is 2. The lowest BCUT2D eigenvalue weighted by Crippen LogP contribution is -2.29. The van der Waals surface area contributed by atoms with Crippen molar-refractivity contribution in [1.82, 2.24) is 4.57 Å². The first-order valence-corrected chi connectivity index (χ1v) is 11.4. The van der Waals surface area contributed by atoms with E-state index in [-0.39, 0.29) is 0 Å². The second kappa shape index (κ2) is 8.99. The quantitative estimate of drug-likeness (QED) is 0.393. The highest BCUT2D eigenvalue weighted by atomic mass is 16.5. The van der Waals surface area contributed by atoms with Crippen LogP contribution in [0.25, 0.3) is 11.3 Å². The smallest absolute Gasteiger partial charge is 0.345 e. The van der Waals surface area contributed by atoms with Crippen LogP contribution in [0.5, 0.6) is 5.75 Å². The first-order valence-electron chi connectivity index (χ1n) is 11.4. The number of aryl methyl sites for hydroxylation is 1. The molecule has 5 rings (SSSR count). The van der Waals surface area contributed by atoms with Crippen molar-refractivity contribution in [2.24, 2.45) is 0 Å². The van der Waals surface area contributed by atoms with Crippen molar-refractivity contribution in [3.63, 3.8) is 0 Å². The number of carboxylic acids is 1. The van der Waals surface area contributed by atoms with Crippen LogP contribution in [0.4, 0.5) is 0 Å². The maximum absolute atomic E-state index is 11.8. The highest BCUT2D eigenvalue weighted by molar-refractivity contribution is 5.73. The average molecular weight is 438 g/mol. The number of fused-ring (bicyclic) bond motifs is 1. The third-order valence-corrected chi connectivity index (χ3v) is 6.48. The van der Waals surface area contributed by atoms with Crippen LogP contribution >= 0.6 is 0 Å². The highest BCUT2D eigenvalue weighted by Gasteiger charge is 2.25. The van der Waals surface area contributed by atoms with Crippen molar-refractivity contribution < 1.29 is 14.6 Å². The van der Waals surface area contributed by atoms with E-state index in [2.05, 4.69) is 47.9 Å². The summed E-state index contributed by atoms with van der Waals surface area (Å²) in [7, 11) is 0. The molecule has 1 aliphatic rings. The molecule has 1 aliphatic carbocycles. The molecule has 0 saturated heterocycles. The predicted octanol–water partition coefficient (Wildman–Crippen LogP) is 5.88. The Bertz CT molecular complexity index is 1230. The van der Waals surface area contributed by atoms with Gasteiger partial charge < -0.3 is 14.4 Å². The third-order valence-electron chi connectivity index (χ3n) is 6.48. The topological polar surface area (TPSA) is 51.5 Å². The fourth-order valence-electron chi connectivity index (χ4n) is 4.86. The number of ether oxygens (including phenoxy) is 1. The molecule has 3 aromatic carbocycles. The van der Waals surface area contributed by atoms with Gasteiger partial charge >= 0.3 is 5.97 Å². The fourth-order valence-corrected chi connectivity index (χ4v) is 4.86. The molecule has 0 bridgehead atoms. The van der Waals surface area contributed by atoms with Crippen LogP contribution in [-0.4, -0.2) is 21.7 Å². The van der Waals surface area contributed by atoms with Crippen molar-refractivity contribution in [3.05, 3.63) is 113 Å². The van der Waals surface area contributed by atoms with E-state index in [4.69, 9.17) is 4.74 Å². The maximum atomic E-state index is 11.8. The van der Waals surface area contributed by atoms with Gasteiger partial charge in [0.05, 0.1) is 0 Å². The molecule has 1 N–H and O–H groups in total. The number of hydrogen-bond donors (Lipinski definition) is 1. The lowest BCUT2D eigenvalue weighted by Gasteiger charge is -2.20. The van der Waals surface area contributed by atoms with Gasteiger partial charge in [0.1, 0.15) is 5.75 Å². The average Bonchev–Trinajstić information content (AvgIpc) is 3.42. The Morgan fingerprint density at radius 3 is 2.18 bits per heavy atom. The minimum absolute atomic E-state index is 0.322. The number of carbonyl (C=O) groups is 1. The van der Waals surface area contributed by atoms with Gasteiger partial charge in [-0.2, -0.15) is 0 Å². The Balaban J connectivity index is 1.35. The molecule has 4 aromatic rings. The molecule has 1 heterocycles. The van der Waals surface area contributed by atoms with Gasteiger partial charge in [-0.05, 0) is 78.4 Å². The van der Waals surface area contributed by atoms with Gasteiger partial charge in [0.25, 0.3) is 0 Å². The first-order chi connectivity index (χ1) is 16.1. The van der Waals surface area contributed by atoms with Crippen LogP contribution in [0.2, 0.25) is 0 Å². The van der Waals surface area contributed by atoms with Gasteiger partial charge in [-0.25, -0.2) is 4.79 Å². The monoisotopic (exact) mass is 437 g/mol. The zero-order valence-electron chi connectivity index (χ0n) is 18.6. The summed E-state index contributed by atoms with van der Waals surface area (Å²) in [6.45, 7) is 2.16. The van der Waals surface area contributed by atoms with Crippen LogP contribution in [0.15, 0.2) is 91.0 Å². The zero-order chi connectivity index (χ0) is 22.8. The minimum Gasteiger partial charge on any atom is -0.478 e. The Labute approximate surface area is 194 Å². The summed E-state index contributed by atoms with van der Waals surface area (Å²) in [6, 6.07) is 30.8. The molecule has 166 valence electrons. The summed E-state index contributed by atoms with van der Waals surface area (Å²) in [5.74, 6) is -0.404. The standard InChI is InChI=1S/C29H27NO3/c1-20-11-16-27(30(20)25-18-23-9-5-6-10-24(23)19-25)22-12-14-26(15-13-22)33-28(29(31)32)17-21-7-3-2-4-8-21/h2-16,25,28H,17-19H2,1H3,(H,31,32)/t28-/m1/s1. The molecule has 4 heteroatoms. The SMILES string of the molecule is Cc1ccc(-c2ccc(O[C@H](Cc3ccccc3)C(=O)O)cc2)n1C1Cc2ccccc2C1. The van der Waals surface area contributed by atoms with Crippen molar-refractivity contribution in [3.8, 4) is 17.0 Å². The maximum Gasteiger partial charge on any atom is 0.345 e. The molecular formula is C29H27NO3. The van der Waals surface area contributed by atoms with E-state index in [0.717, 1.165) is 24.0 Å². The summed E-state index contributed by atoms with van der Waals surface area (Å²) in [5, 5.41) is 9.63. The normalized spacial score (nSPS) is 14.1. The van der Waals surface area contributed by atoms with E-state index in [1.165, 1.54) is 22.5 Å². The Morgan fingerprint density at radius 1 is 0.909 bits per heavy atom. The van der Waals surface area contributed by atoms with E-state index >= 15 is 0 Å². The molecule has 0 saturated carbocycles. The number of benzene rings is 3. The third kappa shape index (κ3) is 4.42.